The fourth-order valence-electron chi connectivity index (χ4n) is 3.76. The van der Waals surface area contributed by atoms with Crippen LogP contribution in [0, 0.1) is 11.3 Å². The van der Waals surface area contributed by atoms with Gasteiger partial charge in [0.1, 0.15) is 5.71 Å². The lowest BCUT2D eigenvalue weighted by atomic mass is 10.1. The molecule has 10 nitrogen and oxygen atoms in total. The molecule has 1 saturated heterocycles. The van der Waals surface area contributed by atoms with E-state index in [0.717, 1.165) is 17.0 Å². The van der Waals surface area contributed by atoms with Gasteiger partial charge in [-0.15, -0.1) is 0 Å². The lowest BCUT2D eigenvalue weighted by Crippen LogP contribution is -2.24. The van der Waals surface area contributed by atoms with E-state index >= 15 is 0 Å². The highest BCUT2D eigenvalue weighted by Gasteiger charge is 2.24. The summed E-state index contributed by atoms with van der Waals surface area (Å²) in [6.45, 7) is 1.84. The van der Waals surface area contributed by atoms with E-state index in [-0.39, 0.29) is 0 Å². The first-order valence-electron chi connectivity index (χ1n) is 11.1. The van der Waals surface area contributed by atoms with Crippen molar-refractivity contribution in [2.24, 2.45) is 15.9 Å². The second-order valence-corrected chi connectivity index (χ2v) is 8.06. The average molecular weight is 471 g/mol. The molecule has 0 spiro atoms. The van der Waals surface area contributed by atoms with Gasteiger partial charge in [-0.1, -0.05) is 18.2 Å². The van der Waals surface area contributed by atoms with Crippen LogP contribution in [0.2, 0.25) is 0 Å². The number of hydrazone groups is 1. The summed E-state index contributed by atoms with van der Waals surface area (Å²) in [5, 5.41) is 23.2. The zero-order chi connectivity index (χ0) is 24.6. The highest BCUT2D eigenvalue weighted by atomic mass is 16.5. The highest BCUT2D eigenvalue weighted by molar-refractivity contribution is 6.37. The number of aliphatic hydroxyl groups excluding tert-OH is 1. The first kappa shape index (κ1) is 23.9. The van der Waals surface area contributed by atoms with Crippen molar-refractivity contribution in [3.05, 3.63) is 71.2 Å². The Morgan fingerprint density at radius 3 is 2.80 bits per heavy atom. The van der Waals surface area contributed by atoms with Crippen LogP contribution in [0.3, 0.4) is 0 Å². The number of benzene rings is 1. The number of pyridine rings is 1. The van der Waals surface area contributed by atoms with Crippen molar-refractivity contribution in [1.82, 2.24) is 15.0 Å². The standard InChI is InChI=1S/C25H26N8O2/c1-35-16-20-7-3-6-19(29-20)13-28-14-24(32-27)23-11-22(18-5-2-4-17(10-18)12-26)30-25(31-23)33-9-8-21(34)15-33/h2-7,10-11,14,21,34H,8-9,13,15-16,27H2,1H3/t21-/m1/s1. The monoisotopic (exact) mass is 470 g/mol. The highest BCUT2D eigenvalue weighted by Crippen LogP contribution is 2.24. The Hall–Kier alpha value is -4.20. The maximum atomic E-state index is 10.0. The number of methoxy groups -OCH3 is 1. The molecule has 2 aromatic heterocycles. The number of anilines is 1. The quantitative estimate of drug-likeness (QED) is 0.289. The smallest absolute Gasteiger partial charge is 0.226 e. The third-order valence-corrected chi connectivity index (χ3v) is 5.47. The lowest BCUT2D eigenvalue weighted by Gasteiger charge is -2.17. The second kappa shape index (κ2) is 11.3. The number of aliphatic imine (C=N–C) groups is 1. The minimum absolute atomic E-state index is 0.337. The molecule has 0 amide bonds. The van der Waals surface area contributed by atoms with Gasteiger partial charge in [0.15, 0.2) is 0 Å². The number of nitriles is 1. The molecule has 0 aliphatic carbocycles. The molecule has 1 aliphatic rings. The van der Waals surface area contributed by atoms with Gasteiger partial charge in [-0.3, -0.25) is 9.98 Å². The summed E-state index contributed by atoms with van der Waals surface area (Å²) in [7, 11) is 1.63. The number of hydrogen-bond donors (Lipinski definition) is 2. The van der Waals surface area contributed by atoms with Gasteiger partial charge in [0.2, 0.25) is 5.95 Å². The van der Waals surface area contributed by atoms with Crippen molar-refractivity contribution >= 4 is 17.9 Å². The minimum Gasteiger partial charge on any atom is -0.391 e. The first-order valence-corrected chi connectivity index (χ1v) is 11.1. The van der Waals surface area contributed by atoms with Crippen LogP contribution >= 0.6 is 0 Å². The van der Waals surface area contributed by atoms with Gasteiger partial charge in [-0.25, -0.2) is 9.97 Å². The largest absolute Gasteiger partial charge is 0.391 e. The second-order valence-electron chi connectivity index (χ2n) is 8.06. The van der Waals surface area contributed by atoms with Crippen molar-refractivity contribution in [2.45, 2.75) is 25.7 Å². The topological polar surface area (TPSA) is 146 Å². The molecule has 1 atom stereocenters. The molecule has 35 heavy (non-hydrogen) atoms. The fourth-order valence-corrected chi connectivity index (χ4v) is 3.76. The molecule has 0 bridgehead atoms. The summed E-state index contributed by atoms with van der Waals surface area (Å²) in [6.07, 6.45) is 1.77. The van der Waals surface area contributed by atoms with Crippen LogP contribution in [0.4, 0.5) is 5.95 Å². The summed E-state index contributed by atoms with van der Waals surface area (Å²) in [4.78, 5) is 20.2. The van der Waals surface area contributed by atoms with Crippen molar-refractivity contribution < 1.29 is 9.84 Å². The number of β-amino-alcohol motifs (C(OH)–C–C–N with tert-alkyl or cyclic N) is 1. The molecule has 178 valence electrons. The first-order chi connectivity index (χ1) is 17.1. The zero-order valence-corrected chi connectivity index (χ0v) is 19.4. The Kier molecular flexibility index (Phi) is 7.72. The minimum atomic E-state index is -0.432. The number of rotatable bonds is 8. The Morgan fingerprint density at radius 2 is 2.06 bits per heavy atom. The van der Waals surface area contributed by atoms with E-state index in [4.69, 9.17) is 15.6 Å². The molecule has 1 aliphatic heterocycles. The summed E-state index contributed by atoms with van der Waals surface area (Å²) in [5.41, 5.74) is 4.38. The number of aromatic nitrogens is 3. The predicted octanol–water partition coefficient (Wildman–Crippen LogP) is 2.06. The van der Waals surface area contributed by atoms with Crippen molar-refractivity contribution in [3.63, 3.8) is 0 Å². The van der Waals surface area contributed by atoms with Gasteiger partial charge < -0.3 is 20.6 Å². The molecule has 1 aromatic carbocycles. The molecule has 3 aromatic rings. The van der Waals surface area contributed by atoms with E-state index in [0.29, 0.717) is 61.3 Å². The zero-order valence-electron chi connectivity index (χ0n) is 19.4. The maximum absolute atomic E-state index is 10.0. The summed E-state index contributed by atoms with van der Waals surface area (Å²) < 4.78 is 5.13. The fraction of sp³-hybridized carbons (Fsp3) is 0.280. The number of aliphatic hydroxyl groups is 1. The molecule has 3 heterocycles. The molecular weight excluding hydrogens is 444 g/mol. The molecule has 1 fully saturated rings. The summed E-state index contributed by atoms with van der Waals surface area (Å²) in [5.74, 6) is 6.17. The Labute approximate surface area is 203 Å². The molecule has 4 rings (SSSR count). The van der Waals surface area contributed by atoms with Crippen LogP contribution in [0.5, 0.6) is 0 Å². The van der Waals surface area contributed by atoms with Gasteiger partial charge >= 0.3 is 0 Å². The number of nitrogens with two attached hydrogens (primary N) is 1. The Bertz CT molecular complexity index is 1280. The molecule has 10 heteroatoms. The van der Waals surface area contributed by atoms with Gasteiger partial charge in [0.05, 0.1) is 59.9 Å². The van der Waals surface area contributed by atoms with Crippen molar-refractivity contribution in [2.75, 3.05) is 25.1 Å². The third kappa shape index (κ3) is 6.03. The van der Waals surface area contributed by atoms with Crippen LogP contribution in [0.25, 0.3) is 11.3 Å². The van der Waals surface area contributed by atoms with Gasteiger partial charge in [0, 0.05) is 25.8 Å². The maximum Gasteiger partial charge on any atom is 0.226 e. The summed E-state index contributed by atoms with van der Waals surface area (Å²) >= 11 is 0. The third-order valence-electron chi connectivity index (χ3n) is 5.47. The number of hydrogen-bond acceptors (Lipinski definition) is 10. The van der Waals surface area contributed by atoms with E-state index in [9.17, 15) is 10.4 Å². The SMILES string of the molecule is COCc1cccc(CN=CC(=NN)c2cc(-c3cccc(C#N)c3)nc(N3CC[C@@H](O)C3)n2)n1. The predicted molar refractivity (Wildman–Crippen MR) is 133 cm³/mol. The number of nitrogens with zero attached hydrogens (tertiary/aromatic N) is 7. The van der Waals surface area contributed by atoms with Crippen molar-refractivity contribution in [1.29, 1.82) is 5.26 Å². The van der Waals surface area contributed by atoms with Crippen LogP contribution in [0.15, 0.2) is 58.6 Å². The molecule has 3 N–H and O–H groups in total. The van der Waals surface area contributed by atoms with E-state index in [1.807, 2.05) is 29.2 Å². The van der Waals surface area contributed by atoms with Gasteiger partial charge in [0.25, 0.3) is 0 Å². The van der Waals surface area contributed by atoms with E-state index in [1.54, 1.807) is 37.6 Å². The van der Waals surface area contributed by atoms with Crippen LogP contribution in [-0.2, 0) is 17.9 Å². The van der Waals surface area contributed by atoms with E-state index in [1.165, 1.54) is 0 Å². The average Bonchev–Trinajstić information content (AvgIpc) is 3.33. The van der Waals surface area contributed by atoms with Gasteiger partial charge in [-0.2, -0.15) is 10.4 Å². The molecule has 0 radical (unpaired) electrons. The molecule has 0 unspecified atom stereocenters. The lowest BCUT2D eigenvalue weighted by molar-refractivity contribution is 0.181. The molecule has 0 saturated carbocycles. The Morgan fingerprint density at radius 1 is 1.23 bits per heavy atom. The van der Waals surface area contributed by atoms with Crippen LogP contribution in [0.1, 0.15) is 29.1 Å². The van der Waals surface area contributed by atoms with E-state index in [2.05, 4.69) is 26.1 Å². The van der Waals surface area contributed by atoms with Gasteiger partial charge in [-0.05, 0) is 36.8 Å². The van der Waals surface area contributed by atoms with Crippen LogP contribution in [-0.4, -0.2) is 58.3 Å². The molecular formula is C25H26N8O2. The van der Waals surface area contributed by atoms with Crippen LogP contribution < -0.4 is 10.7 Å². The van der Waals surface area contributed by atoms with Crippen molar-refractivity contribution in [3.8, 4) is 17.3 Å². The normalized spacial score (nSPS) is 16.1. The Balaban J connectivity index is 1.65. The van der Waals surface area contributed by atoms with E-state index < -0.39 is 6.10 Å². The number of ether oxygens (including phenoxy) is 1. The summed E-state index contributed by atoms with van der Waals surface area (Å²) in [6, 6.07) is 16.8.